The van der Waals surface area contributed by atoms with Crippen molar-refractivity contribution < 1.29 is 0 Å². The molecule has 3 heteroatoms. The van der Waals surface area contributed by atoms with Crippen molar-refractivity contribution in [2.45, 2.75) is 102 Å². The van der Waals surface area contributed by atoms with E-state index in [9.17, 15) is 0 Å². The fraction of sp³-hybridized carbons (Fsp3) is 1.00. The Labute approximate surface area is 124 Å². The van der Waals surface area contributed by atoms with Gasteiger partial charge < -0.3 is 0 Å². The molecular weight excluding hydrogens is 246 g/mol. The van der Waals surface area contributed by atoms with E-state index in [1.54, 1.807) is 0 Å². The van der Waals surface area contributed by atoms with Gasteiger partial charge in [0.05, 0.1) is 17.0 Å². The first-order valence-electron chi connectivity index (χ1n) is 8.81. The van der Waals surface area contributed by atoms with Crippen LogP contribution in [0, 0.1) is 0 Å². The van der Waals surface area contributed by atoms with Gasteiger partial charge in [-0.1, -0.05) is 6.92 Å². The Bertz CT molecular complexity index is 382. The second-order valence-corrected chi connectivity index (χ2v) is 8.12. The van der Waals surface area contributed by atoms with Crippen molar-refractivity contribution in [2.24, 2.45) is 0 Å². The minimum absolute atomic E-state index is 0.404. The van der Waals surface area contributed by atoms with Gasteiger partial charge in [0, 0.05) is 12.1 Å². The third-order valence-electron chi connectivity index (χ3n) is 6.24. The van der Waals surface area contributed by atoms with Crippen LogP contribution in [0.2, 0.25) is 0 Å². The molecule has 0 unspecified atom stereocenters. The zero-order valence-electron chi connectivity index (χ0n) is 13.9. The van der Waals surface area contributed by atoms with Crippen LogP contribution in [0.3, 0.4) is 0 Å². The van der Waals surface area contributed by atoms with E-state index in [0.717, 1.165) is 0 Å². The van der Waals surface area contributed by atoms with Crippen LogP contribution in [0.15, 0.2) is 0 Å². The van der Waals surface area contributed by atoms with Crippen LogP contribution in [0.25, 0.3) is 0 Å². The molecule has 4 aliphatic rings. The molecule has 3 aliphatic carbocycles. The summed E-state index contributed by atoms with van der Waals surface area (Å²) >= 11 is 0. The minimum atomic E-state index is 0.404. The molecule has 20 heavy (non-hydrogen) atoms. The molecule has 3 spiro atoms. The molecule has 0 aromatic rings. The van der Waals surface area contributed by atoms with Crippen molar-refractivity contribution in [2.75, 3.05) is 6.54 Å². The van der Waals surface area contributed by atoms with Crippen LogP contribution in [0.5, 0.6) is 0 Å². The van der Waals surface area contributed by atoms with Crippen molar-refractivity contribution in [3.8, 4) is 0 Å². The molecule has 0 bridgehead atoms. The molecule has 1 heterocycles. The highest BCUT2D eigenvalue weighted by Crippen LogP contribution is 2.69. The maximum atomic E-state index is 2.92. The number of hydrogen-bond acceptors (Lipinski definition) is 3. The lowest BCUT2D eigenvalue weighted by Gasteiger charge is -2.63. The van der Waals surface area contributed by atoms with Gasteiger partial charge in [-0.3, -0.25) is 14.7 Å². The molecule has 0 aromatic heterocycles. The average Bonchev–Trinajstić information content (AvgIpc) is 3.15. The normalized spacial score (nSPS) is 33.8. The van der Waals surface area contributed by atoms with Crippen molar-refractivity contribution in [1.82, 2.24) is 14.7 Å². The van der Waals surface area contributed by atoms with Gasteiger partial charge in [0.15, 0.2) is 0 Å². The summed E-state index contributed by atoms with van der Waals surface area (Å²) in [6.07, 6.45) is 8.38. The summed E-state index contributed by atoms with van der Waals surface area (Å²) in [5.74, 6) is 0. The number of hydrogen-bond donors (Lipinski definition) is 0. The van der Waals surface area contributed by atoms with Crippen molar-refractivity contribution in [1.29, 1.82) is 0 Å². The Balaban J connectivity index is 1.83. The molecule has 114 valence electrons. The zero-order chi connectivity index (χ0) is 14.3. The summed E-state index contributed by atoms with van der Waals surface area (Å²) < 4.78 is 0. The maximum Gasteiger partial charge on any atom is 0.0774 e. The predicted molar refractivity (Wildman–Crippen MR) is 82.2 cm³/mol. The quantitative estimate of drug-likeness (QED) is 0.784. The maximum absolute atomic E-state index is 2.92. The summed E-state index contributed by atoms with van der Waals surface area (Å²) in [5.41, 5.74) is 1.24. The van der Waals surface area contributed by atoms with E-state index >= 15 is 0 Å². The Morgan fingerprint density at radius 3 is 1.25 bits per heavy atom. The van der Waals surface area contributed by atoms with Crippen LogP contribution in [-0.4, -0.2) is 50.3 Å². The molecule has 0 atom stereocenters. The van der Waals surface area contributed by atoms with Gasteiger partial charge in [-0.05, 0) is 72.8 Å². The third kappa shape index (κ3) is 1.37. The predicted octanol–water partition coefficient (Wildman–Crippen LogP) is 3.21. The van der Waals surface area contributed by atoms with Crippen LogP contribution < -0.4 is 0 Å². The highest BCUT2D eigenvalue weighted by Gasteiger charge is 2.77. The Hall–Kier alpha value is -0.120. The first-order chi connectivity index (χ1) is 9.44. The highest BCUT2D eigenvalue weighted by atomic mass is 15.7. The van der Waals surface area contributed by atoms with E-state index in [4.69, 9.17) is 0 Å². The lowest BCUT2D eigenvalue weighted by molar-refractivity contribution is -0.232. The van der Waals surface area contributed by atoms with E-state index in [0.29, 0.717) is 29.1 Å². The lowest BCUT2D eigenvalue weighted by Crippen LogP contribution is -2.77. The van der Waals surface area contributed by atoms with Crippen molar-refractivity contribution in [3.63, 3.8) is 0 Å². The van der Waals surface area contributed by atoms with E-state index in [-0.39, 0.29) is 0 Å². The first kappa shape index (κ1) is 13.5. The smallest absolute Gasteiger partial charge is 0.0774 e. The summed E-state index contributed by atoms with van der Waals surface area (Å²) in [6.45, 7) is 13.2. The van der Waals surface area contributed by atoms with Gasteiger partial charge in [0.25, 0.3) is 0 Å². The van der Waals surface area contributed by atoms with E-state index in [2.05, 4.69) is 49.3 Å². The van der Waals surface area contributed by atoms with Crippen LogP contribution in [-0.2, 0) is 0 Å². The molecule has 0 N–H and O–H groups in total. The summed E-state index contributed by atoms with van der Waals surface area (Å²) in [6, 6.07) is 1.32. The highest BCUT2D eigenvalue weighted by molar-refractivity contribution is 5.27. The molecule has 0 radical (unpaired) electrons. The Morgan fingerprint density at radius 2 is 1.05 bits per heavy atom. The van der Waals surface area contributed by atoms with Gasteiger partial charge in [-0.2, -0.15) is 0 Å². The fourth-order valence-electron chi connectivity index (χ4n) is 5.89. The Morgan fingerprint density at radius 1 is 0.700 bits per heavy atom. The lowest BCUT2D eigenvalue weighted by atomic mass is 10.0. The summed E-state index contributed by atoms with van der Waals surface area (Å²) in [4.78, 5) is 8.74. The summed E-state index contributed by atoms with van der Waals surface area (Å²) in [7, 11) is 0. The average molecular weight is 277 g/mol. The molecular formula is C17H31N3. The molecule has 4 rings (SSSR count). The molecule has 4 fully saturated rings. The second-order valence-electron chi connectivity index (χ2n) is 8.12. The fourth-order valence-corrected chi connectivity index (χ4v) is 5.89. The summed E-state index contributed by atoms with van der Waals surface area (Å²) in [5, 5.41) is 0. The van der Waals surface area contributed by atoms with E-state index < -0.39 is 0 Å². The molecule has 1 aliphatic heterocycles. The number of nitrogens with zero attached hydrogens (tertiary/aromatic N) is 3. The van der Waals surface area contributed by atoms with E-state index in [1.165, 1.54) is 45.1 Å². The second kappa shape index (κ2) is 3.80. The third-order valence-corrected chi connectivity index (χ3v) is 6.24. The van der Waals surface area contributed by atoms with Crippen LogP contribution >= 0.6 is 0 Å². The largest absolute Gasteiger partial charge is 0.267 e. The first-order valence-corrected chi connectivity index (χ1v) is 8.81. The molecule has 3 nitrogen and oxygen atoms in total. The van der Waals surface area contributed by atoms with Crippen molar-refractivity contribution >= 4 is 0 Å². The van der Waals surface area contributed by atoms with Gasteiger partial charge in [-0.25, -0.2) is 0 Å². The standard InChI is InChI=1S/C17H31N3/c1-6-18-15(7-8-15)19(13(2)3)17(11-12-17)20(14(4)5)16(18)9-10-16/h13-14H,6-12H2,1-5H3. The zero-order valence-corrected chi connectivity index (χ0v) is 13.9. The van der Waals surface area contributed by atoms with Gasteiger partial charge in [0.2, 0.25) is 0 Å². The topological polar surface area (TPSA) is 9.72 Å². The van der Waals surface area contributed by atoms with Gasteiger partial charge in [0.1, 0.15) is 0 Å². The van der Waals surface area contributed by atoms with Crippen LogP contribution in [0.4, 0.5) is 0 Å². The molecule has 3 saturated carbocycles. The molecule has 0 aromatic carbocycles. The molecule has 0 amide bonds. The van der Waals surface area contributed by atoms with Gasteiger partial charge >= 0.3 is 0 Å². The minimum Gasteiger partial charge on any atom is -0.267 e. The number of rotatable bonds is 3. The monoisotopic (exact) mass is 277 g/mol. The van der Waals surface area contributed by atoms with E-state index in [1.807, 2.05) is 0 Å². The molecule has 1 saturated heterocycles. The Kier molecular flexibility index (Phi) is 2.57. The van der Waals surface area contributed by atoms with Crippen LogP contribution in [0.1, 0.15) is 73.1 Å². The van der Waals surface area contributed by atoms with Gasteiger partial charge in [-0.15, -0.1) is 0 Å². The van der Waals surface area contributed by atoms with Crippen molar-refractivity contribution in [3.05, 3.63) is 0 Å². The SMILES string of the molecule is CCN1C2(CC2)N(C(C)C)C2(CC2)N(C(C)C)C12CC2.